The minimum atomic E-state index is -4.19. The SMILES string of the molecule is CCCS(=O)(=O)Nc1ccc(S(=O)(=O)N2CCC[C@H]2C(=O)O)cc1F. The summed E-state index contributed by atoms with van der Waals surface area (Å²) in [5.74, 6) is -2.50. The van der Waals surface area contributed by atoms with E-state index >= 15 is 0 Å². The van der Waals surface area contributed by atoms with Crippen LogP contribution in [0.2, 0.25) is 0 Å². The molecule has 140 valence electrons. The number of hydrogen-bond donors (Lipinski definition) is 2. The predicted molar refractivity (Wildman–Crippen MR) is 88.7 cm³/mol. The van der Waals surface area contributed by atoms with E-state index in [0.717, 1.165) is 16.4 Å². The van der Waals surface area contributed by atoms with Gasteiger partial charge in [-0.2, -0.15) is 4.31 Å². The summed E-state index contributed by atoms with van der Waals surface area (Å²) in [5, 5.41) is 9.11. The molecule has 1 aliphatic heterocycles. The summed E-state index contributed by atoms with van der Waals surface area (Å²) in [4.78, 5) is 10.8. The zero-order valence-corrected chi connectivity index (χ0v) is 15.1. The maximum Gasteiger partial charge on any atom is 0.322 e. The van der Waals surface area contributed by atoms with Crippen LogP contribution in [0.4, 0.5) is 10.1 Å². The molecule has 0 unspecified atom stereocenters. The lowest BCUT2D eigenvalue weighted by Gasteiger charge is -2.21. The number of hydrogen-bond acceptors (Lipinski definition) is 5. The summed E-state index contributed by atoms with van der Waals surface area (Å²) in [7, 11) is -7.91. The van der Waals surface area contributed by atoms with Crippen molar-refractivity contribution in [3.8, 4) is 0 Å². The second kappa shape index (κ2) is 7.26. The van der Waals surface area contributed by atoms with Gasteiger partial charge in [0.25, 0.3) is 0 Å². The first kappa shape index (κ1) is 19.6. The molecule has 1 aromatic rings. The van der Waals surface area contributed by atoms with E-state index in [1.165, 1.54) is 0 Å². The van der Waals surface area contributed by atoms with E-state index in [1.54, 1.807) is 6.92 Å². The molecule has 1 saturated heterocycles. The van der Waals surface area contributed by atoms with E-state index in [-0.39, 0.29) is 24.4 Å². The summed E-state index contributed by atoms with van der Waals surface area (Å²) < 4.78 is 65.5. The lowest BCUT2D eigenvalue weighted by atomic mass is 10.2. The minimum Gasteiger partial charge on any atom is -0.480 e. The smallest absolute Gasteiger partial charge is 0.322 e. The Morgan fingerprint density at radius 3 is 2.60 bits per heavy atom. The molecule has 2 rings (SSSR count). The van der Waals surface area contributed by atoms with Gasteiger partial charge in [0.15, 0.2) is 0 Å². The number of nitrogens with one attached hydrogen (secondary N) is 1. The third-order valence-electron chi connectivity index (χ3n) is 3.77. The topological polar surface area (TPSA) is 121 Å². The van der Waals surface area contributed by atoms with E-state index in [0.29, 0.717) is 18.9 Å². The van der Waals surface area contributed by atoms with Crippen molar-refractivity contribution in [3.05, 3.63) is 24.0 Å². The number of nitrogens with zero attached hydrogens (tertiary/aromatic N) is 1. The first-order valence-corrected chi connectivity index (χ1v) is 10.7. The first-order valence-electron chi connectivity index (χ1n) is 7.63. The molecule has 2 N–H and O–H groups in total. The Morgan fingerprint density at radius 2 is 2.04 bits per heavy atom. The van der Waals surface area contributed by atoms with Crippen molar-refractivity contribution in [1.29, 1.82) is 0 Å². The molecule has 8 nitrogen and oxygen atoms in total. The Bertz CT molecular complexity index is 869. The van der Waals surface area contributed by atoms with Gasteiger partial charge in [0.2, 0.25) is 20.0 Å². The number of carboxylic acid groups (broad SMARTS) is 1. The fourth-order valence-electron chi connectivity index (χ4n) is 2.64. The summed E-state index contributed by atoms with van der Waals surface area (Å²) >= 11 is 0. The van der Waals surface area contributed by atoms with Gasteiger partial charge in [-0.15, -0.1) is 0 Å². The zero-order valence-electron chi connectivity index (χ0n) is 13.5. The van der Waals surface area contributed by atoms with Crippen LogP contribution < -0.4 is 4.72 Å². The fourth-order valence-corrected chi connectivity index (χ4v) is 5.44. The summed E-state index contributed by atoms with van der Waals surface area (Å²) in [6, 6.07) is 1.58. The highest BCUT2D eigenvalue weighted by molar-refractivity contribution is 7.92. The van der Waals surface area contributed by atoms with Gasteiger partial charge in [0.1, 0.15) is 11.9 Å². The van der Waals surface area contributed by atoms with Crippen LogP contribution in [0.5, 0.6) is 0 Å². The Hall–Kier alpha value is -1.72. The van der Waals surface area contributed by atoms with Crippen LogP contribution in [-0.4, -0.2) is 50.6 Å². The van der Waals surface area contributed by atoms with Gasteiger partial charge < -0.3 is 5.11 Å². The molecule has 1 aromatic carbocycles. The third kappa shape index (κ3) is 4.28. The molecule has 1 heterocycles. The summed E-state index contributed by atoms with van der Waals surface area (Å²) in [5.41, 5.74) is -0.358. The molecule has 0 amide bonds. The number of anilines is 1. The van der Waals surface area contributed by atoms with Gasteiger partial charge in [-0.25, -0.2) is 21.2 Å². The van der Waals surface area contributed by atoms with Crippen LogP contribution in [0, 0.1) is 5.82 Å². The van der Waals surface area contributed by atoms with Gasteiger partial charge in [-0.3, -0.25) is 9.52 Å². The average Bonchev–Trinajstić information content (AvgIpc) is 2.99. The first-order chi connectivity index (χ1) is 11.6. The molecule has 1 aliphatic rings. The van der Waals surface area contributed by atoms with Gasteiger partial charge in [-0.1, -0.05) is 6.92 Å². The number of benzene rings is 1. The van der Waals surface area contributed by atoms with Crippen molar-refractivity contribution >= 4 is 31.7 Å². The Kier molecular flexibility index (Phi) is 5.69. The monoisotopic (exact) mass is 394 g/mol. The number of carboxylic acids is 1. The van der Waals surface area contributed by atoms with Crippen LogP contribution in [0.15, 0.2) is 23.1 Å². The highest BCUT2D eigenvalue weighted by Crippen LogP contribution is 2.28. The van der Waals surface area contributed by atoms with E-state index in [4.69, 9.17) is 5.11 Å². The Balaban J connectivity index is 2.32. The molecule has 0 aromatic heterocycles. The van der Waals surface area contributed by atoms with Crippen molar-refractivity contribution in [2.45, 2.75) is 37.1 Å². The molecular formula is C14H19FN2O6S2. The number of sulfonamides is 2. The Labute approximate surface area is 145 Å². The minimum absolute atomic E-state index is 0.0335. The van der Waals surface area contributed by atoms with Gasteiger partial charge in [0, 0.05) is 6.54 Å². The molecule has 0 aliphatic carbocycles. The van der Waals surface area contributed by atoms with E-state index < -0.39 is 42.8 Å². The van der Waals surface area contributed by atoms with Crippen LogP contribution >= 0.6 is 0 Å². The lowest BCUT2D eigenvalue weighted by molar-refractivity contribution is -0.140. The molecular weight excluding hydrogens is 375 g/mol. The fraction of sp³-hybridized carbons (Fsp3) is 0.500. The molecule has 1 fully saturated rings. The standard InChI is InChI=1S/C14H19FN2O6S2/c1-2-8-24(20,21)16-12-6-5-10(9-11(12)15)25(22,23)17-7-3-4-13(17)14(18)19/h5-6,9,13,16H,2-4,7-8H2,1H3,(H,18,19)/t13-/m0/s1. The maximum absolute atomic E-state index is 14.2. The second-order valence-electron chi connectivity index (χ2n) is 5.67. The third-order valence-corrected chi connectivity index (χ3v) is 7.15. The van der Waals surface area contributed by atoms with E-state index in [2.05, 4.69) is 4.72 Å². The van der Waals surface area contributed by atoms with Crippen LogP contribution in [-0.2, 0) is 24.8 Å². The predicted octanol–water partition coefficient (Wildman–Crippen LogP) is 1.22. The van der Waals surface area contributed by atoms with Crippen LogP contribution in [0.3, 0.4) is 0 Å². The van der Waals surface area contributed by atoms with Gasteiger partial charge in [-0.05, 0) is 37.5 Å². The molecule has 0 radical (unpaired) electrons. The molecule has 0 saturated carbocycles. The lowest BCUT2D eigenvalue weighted by Crippen LogP contribution is -2.40. The molecule has 11 heteroatoms. The number of halogens is 1. The second-order valence-corrected chi connectivity index (χ2v) is 9.41. The van der Waals surface area contributed by atoms with E-state index in [9.17, 15) is 26.0 Å². The molecule has 1 atom stereocenters. The van der Waals surface area contributed by atoms with Crippen molar-refractivity contribution in [2.24, 2.45) is 0 Å². The van der Waals surface area contributed by atoms with Crippen LogP contribution in [0.25, 0.3) is 0 Å². The summed E-state index contributed by atoms with van der Waals surface area (Å²) in [6.45, 7) is 1.69. The van der Waals surface area contributed by atoms with Crippen molar-refractivity contribution in [3.63, 3.8) is 0 Å². The molecule has 0 bridgehead atoms. The quantitative estimate of drug-likeness (QED) is 0.717. The van der Waals surface area contributed by atoms with Crippen molar-refractivity contribution in [1.82, 2.24) is 4.31 Å². The highest BCUT2D eigenvalue weighted by atomic mass is 32.2. The molecule has 0 spiro atoms. The van der Waals surface area contributed by atoms with Crippen molar-refractivity contribution < 1.29 is 31.1 Å². The number of carbonyl (C=O) groups is 1. The highest BCUT2D eigenvalue weighted by Gasteiger charge is 2.39. The van der Waals surface area contributed by atoms with Crippen LogP contribution in [0.1, 0.15) is 26.2 Å². The van der Waals surface area contributed by atoms with Gasteiger partial charge >= 0.3 is 5.97 Å². The normalized spacial score (nSPS) is 19.0. The average molecular weight is 394 g/mol. The van der Waals surface area contributed by atoms with Gasteiger partial charge in [0.05, 0.1) is 16.3 Å². The number of rotatable bonds is 7. The zero-order chi connectivity index (χ0) is 18.8. The Morgan fingerprint density at radius 1 is 1.36 bits per heavy atom. The molecule has 25 heavy (non-hydrogen) atoms. The maximum atomic E-state index is 14.2. The van der Waals surface area contributed by atoms with Crippen molar-refractivity contribution in [2.75, 3.05) is 17.0 Å². The largest absolute Gasteiger partial charge is 0.480 e. The number of aliphatic carboxylic acids is 1. The summed E-state index contributed by atoms with van der Waals surface area (Å²) in [6.07, 6.45) is 0.925. The van der Waals surface area contributed by atoms with E-state index in [1.807, 2.05) is 0 Å².